The molecule has 4 rings (SSSR count). The van der Waals surface area contributed by atoms with Crippen LogP contribution in [0.15, 0.2) is 35.5 Å². The first-order chi connectivity index (χ1) is 13.7. The van der Waals surface area contributed by atoms with Crippen molar-refractivity contribution in [3.05, 3.63) is 40.5 Å². The van der Waals surface area contributed by atoms with Gasteiger partial charge in [-0.1, -0.05) is 12.1 Å². The normalized spacial score (nSPS) is 22.7. The zero-order chi connectivity index (χ0) is 19.5. The maximum Gasteiger partial charge on any atom is 0.337 e. The number of carbonyl (C=O) groups is 2. The second-order valence-corrected chi connectivity index (χ2v) is 8.20. The molecule has 0 saturated carbocycles. The quantitative estimate of drug-likeness (QED) is 0.664. The summed E-state index contributed by atoms with van der Waals surface area (Å²) in [6, 6.07) is 8.21. The minimum absolute atomic E-state index is 0.207. The number of esters is 1. The van der Waals surface area contributed by atoms with E-state index < -0.39 is 0 Å². The molecule has 0 radical (unpaired) electrons. The highest BCUT2D eigenvalue weighted by Gasteiger charge is 2.34. The number of para-hydroxylation sites is 1. The number of thiazole rings is 1. The van der Waals surface area contributed by atoms with E-state index in [0.717, 1.165) is 29.9 Å². The van der Waals surface area contributed by atoms with E-state index in [9.17, 15) is 9.59 Å². The van der Waals surface area contributed by atoms with Crippen LogP contribution in [0.2, 0.25) is 0 Å². The van der Waals surface area contributed by atoms with Gasteiger partial charge in [-0.3, -0.25) is 0 Å². The van der Waals surface area contributed by atoms with Crippen molar-refractivity contribution in [3.8, 4) is 0 Å². The molecule has 1 saturated heterocycles. The monoisotopic (exact) mass is 401 g/mol. The molecule has 0 aliphatic carbocycles. The molecule has 28 heavy (non-hydrogen) atoms. The van der Waals surface area contributed by atoms with E-state index >= 15 is 0 Å². The van der Waals surface area contributed by atoms with Gasteiger partial charge in [-0.2, -0.15) is 0 Å². The lowest BCUT2D eigenvalue weighted by atomic mass is 10.0. The number of quaternary nitrogens is 1. The van der Waals surface area contributed by atoms with Crippen molar-refractivity contribution in [1.29, 1.82) is 0 Å². The average molecular weight is 402 g/mol. The van der Waals surface area contributed by atoms with Crippen LogP contribution in [0.5, 0.6) is 0 Å². The van der Waals surface area contributed by atoms with Gasteiger partial charge in [-0.15, -0.1) is 11.3 Å². The van der Waals surface area contributed by atoms with Gasteiger partial charge in [-0.25, -0.2) is 14.6 Å². The molecule has 1 fully saturated rings. The van der Waals surface area contributed by atoms with Crippen LogP contribution in [-0.2, 0) is 9.53 Å². The molecule has 1 aromatic carbocycles. The van der Waals surface area contributed by atoms with Crippen LogP contribution in [-0.4, -0.2) is 43.2 Å². The Kier molecular flexibility index (Phi) is 5.59. The van der Waals surface area contributed by atoms with Crippen molar-refractivity contribution < 1.29 is 19.2 Å². The highest BCUT2D eigenvalue weighted by Crippen LogP contribution is 2.28. The van der Waals surface area contributed by atoms with Crippen molar-refractivity contribution >= 4 is 33.6 Å². The molecule has 1 unspecified atom stereocenters. The van der Waals surface area contributed by atoms with Gasteiger partial charge in [0, 0.05) is 6.42 Å². The summed E-state index contributed by atoms with van der Waals surface area (Å²) >= 11 is 1.75. The fourth-order valence-corrected chi connectivity index (χ4v) is 5.11. The Morgan fingerprint density at radius 3 is 3.04 bits per heavy atom. The summed E-state index contributed by atoms with van der Waals surface area (Å²) in [6.07, 6.45) is 3.36. The molecule has 3 N–H and O–H groups in total. The number of ether oxygens (including phenoxy) is 1. The van der Waals surface area contributed by atoms with Crippen molar-refractivity contribution in [3.63, 3.8) is 0 Å². The first kappa shape index (κ1) is 18.9. The zero-order valence-corrected chi connectivity index (χ0v) is 16.7. The van der Waals surface area contributed by atoms with Gasteiger partial charge in [0.25, 0.3) is 0 Å². The minimum atomic E-state index is -0.363. The molecule has 2 aliphatic rings. The Morgan fingerprint density at radius 1 is 1.36 bits per heavy atom. The van der Waals surface area contributed by atoms with Crippen LogP contribution in [0.1, 0.15) is 37.2 Å². The first-order valence-corrected chi connectivity index (χ1v) is 10.6. The number of rotatable bonds is 5. The molecule has 7 nitrogen and oxygen atoms in total. The van der Waals surface area contributed by atoms with E-state index in [0.29, 0.717) is 24.4 Å². The Morgan fingerprint density at radius 2 is 2.21 bits per heavy atom. The Balaban J connectivity index is 1.61. The first-order valence-electron chi connectivity index (χ1n) is 9.79. The summed E-state index contributed by atoms with van der Waals surface area (Å²) < 4.78 is 6.38. The number of aromatic nitrogens is 1. The second kappa shape index (κ2) is 8.28. The topological polar surface area (TPSA) is 84.8 Å². The third kappa shape index (κ3) is 3.88. The Bertz CT molecular complexity index is 890. The van der Waals surface area contributed by atoms with E-state index in [1.165, 1.54) is 16.0 Å². The number of likely N-dealkylation sites (tertiary alicyclic amines) is 1. The van der Waals surface area contributed by atoms with E-state index in [-0.39, 0.29) is 24.6 Å². The van der Waals surface area contributed by atoms with E-state index in [4.69, 9.17) is 9.72 Å². The Labute approximate surface area is 167 Å². The molecule has 1 aromatic heterocycles. The third-order valence-electron chi connectivity index (χ3n) is 5.32. The van der Waals surface area contributed by atoms with Gasteiger partial charge >= 0.3 is 12.0 Å². The molecule has 148 valence electrons. The predicted molar refractivity (Wildman–Crippen MR) is 107 cm³/mol. The number of amides is 2. The zero-order valence-electron chi connectivity index (χ0n) is 15.9. The number of benzene rings is 1. The van der Waals surface area contributed by atoms with Crippen molar-refractivity contribution in [2.45, 2.75) is 32.2 Å². The molecular formula is C20H25N4O3S+. The van der Waals surface area contributed by atoms with Gasteiger partial charge in [0.2, 0.25) is 0 Å². The molecule has 2 atom stereocenters. The lowest BCUT2D eigenvalue weighted by molar-refractivity contribution is -0.932. The standard InChI is InChI=1S/C20H24N4O3S/c1-2-27-19(25)13-11-21-20(26)23-15(13)12-24-10-6-5-8-16(24)18-22-14-7-3-4-9-17(14)28-18/h3-4,7,9,16H,2,5-6,8,10-12H2,1H3,(H2,21,23,26)/p+1/t16-/m1/s1. The SMILES string of the molecule is CCOC(=O)C1=C(C[NH+]2CCCC[C@@H]2c2nc3ccccc3s2)NC(=O)NC1. The summed E-state index contributed by atoms with van der Waals surface area (Å²) in [5.41, 5.74) is 2.22. The van der Waals surface area contributed by atoms with E-state index in [1.807, 2.05) is 18.2 Å². The van der Waals surface area contributed by atoms with Crippen molar-refractivity contribution in [2.24, 2.45) is 0 Å². The fourth-order valence-electron chi connectivity index (χ4n) is 3.95. The third-order valence-corrected chi connectivity index (χ3v) is 6.47. The molecule has 0 bridgehead atoms. The second-order valence-electron chi connectivity index (χ2n) is 7.14. The maximum atomic E-state index is 12.3. The summed E-state index contributed by atoms with van der Waals surface area (Å²) in [7, 11) is 0. The number of nitrogens with zero attached hydrogens (tertiary/aromatic N) is 1. The van der Waals surface area contributed by atoms with Crippen LogP contribution in [0, 0.1) is 0 Å². The largest absolute Gasteiger partial charge is 0.463 e. The lowest BCUT2D eigenvalue weighted by Gasteiger charge is -2.33. The summed E-state index contributed by atoms with van der Waals surface area (Å²) in [5.74, 6) is -0.363. The summed E-state index contributed by atoms with van der Waals surface area (Å²) in [5, 5.41) is 6.65. The van der Waals surface area contributed by atoms with Gasteiger partial charge < -0.3 is 20.3 Å². The highest BCUT2D eigenvalue weighted by atomic mass is 32.1. The Hall–Kier alpha value is -2.45. The van der Waals surface area contributed by atoms with Gasteiger partial charge in [0.1, 0.15) is 12.6 Å². The number of carbonyl (C=O) groups excluding carboxylic acids is 2. The number of piperidine rings is 1. The van der Waals surface area contributed by atoms with Gasteiger partial charge in [0.05, 0.1) is 41.2 Å². The number of hydrogen-bond acceptors (Lipinski definition) is 5. The fraction of sp³-hybridized carbons (Fsp3) is 0.450. The number of fused-ring (bicyclic) bond motifs is 1. The molecule has 0 spiro atoms. The van der Waals surface area contributed by atoms with Crippen LogP contribution in [0.4, 0.5) is 4.79 Å². The number of urea groups is 1. The van der Waals surface area contributed by atoms with E-state index in [2.05, 4.69) is 16.7 Å². The smallest absolute Gasteiger partial charge is 0.337 e. The van der Waals surface area contributed by atoms with E-state index in [1.54, 1.807) is 18.3 Å². The number of hydrogen-bond donors (Lipinski definition) is 3. The average Bonchev–Trinajstić information content (AvgIpc) is 3.13. The molecule has 2 amide bonds. The van der Waals surface area contributed by atoms with Crippen LogP contribution in [0.3, 0.4) is 0 Å². The maximum absolute atomic E-state index is 12.3. The predicted octanol–water partition coefficient (Wildman–Crippen LogP) is 1.54. The number of nitrogens with one attached hydrogen (secondary N) is 3. The van der Waals surface area contributed by atoms with Crippen molar-refractivity contribution in [1.82, 2.24) is 15.6 Å². The van der Waals surface area contributed by atoms with Crippen LogP contribution < -0.4 is 15.5 Å². The minimum Gasteiger partial charge on any atom is -0.463 e. The molecule has 2 aliphatic heterocycles. The van der Waals surface area contributed by atoms with Crippen LogP contribution >= 0.6 is 11.3 Å². The molecule has 3 heterocycles. The van der Waals surface area contributed by atoms with Crippen molar-refractivity contribution in [2.75, 3.05) is 26.2 Å². The molecule has 8 heteroatoms. The molecular weight excluding hydrogens is 376 g/mol. The summed E-state index contributed by atoms with van der Waals surface area (Å²) in [4.78, 5) is 30.4. The summed E-state index contributed by atoms with van der Waals surface area (Å²) in [6.45, 7) is 3.88. The highest BCUT2D eigenvalue weighted by molar-refractivity contribution is 7.18. The van der Waals surface area contributed by atoms with Gasteiger partial charge in [-0.05, 0) is 31.9 Å². The molecule has 2 aromatic rings. The van der Waals surface area contributed by atoms with Gasteiger partial charge in [0.15, 0.2) is 5.01 Å². The van der Waals surface area contributed by atoms with Crippen LogP contribution in [0.25, 0.3) is 10.2 Å². The lowest BCUT2D eigenvalue weighted by Crippen LogP contribution is -3.13.